The molecule has 0 heterocycles. The Labute approximate surface area is 136 Å². The maximum Gasteiger partial charge on any atom is 0.0406 e. The third-order valence-corrected chi connectivity index (χ3v) is 4.41. The SMILES string of the molecule is C[C@H](N[C@H](C)c1cccc2ccccc12)c1ccc(Cl)cc1. The van der Waals surface area contributed by atoms with Crippen molar-refractivity contribution < 1.29 is 0 Å². The van der Waals surface area contributed by atoms with Crippen molar-refractivity contribution in [1.82, 2.24) is 5.32 Å². The monoisotopic (exact) mass is 309 g/mol. The summed E-state index contributed by atoms with van der Waals surface area (Å²) >= 11 is 5.96. The van der Waals surface area contributed by atoms with E-state index in [1.54, 1.807) is 0 Å². The van der Waals surface area contributed by atoms with Crippen molar-refractivity contribution in [3.8, 4) is 0 Å². The first-order valence-electron chi connectivity index (χ1n) is 7.64. The van der Waals surface area contributed by atoms with E-state index in [1.165, 1.54) is 21.9 Å². The highest BCUT2D eigenvalue weighted by Crippen LogP contribution is 2.26. The summed E-state index contributed by atoms with van der Waals surface area (Å²) in [6, 6.07) is 23.6. The first-order chi connectivity index (χ1) is 10.6. The van der Waals surface area contributed by atoms with Crippen LogP contribution in [0.5, 0.6) is 0 Å². The van der Waals surface area contributed by atoms with Crippen molar-refractivity contribution in [2.45, 2.75) is 25.9 Å². The van der Waals surface area contributed by atoms with Crippen molar-refractivity contribution in [2.24, 2.45) is 0 Å². The molecule has 1 N–H and O–H groups in total. The van der Waals surface area contributed by atoms with Gasteiger partial charge in [-0.15, -0.1) is 0 Å². The largest absolute Gasteiger partial charge is 0.304 e. The highest BCUT2D eigenvalue weighted by molar-refractivity contribution is 6.30. The molecule has 0 saturated carbocycles. The Morgan fingerprint density at radius 3 is 2.23 bits per heavy atom. The van der Waals surface area contributed by atoms with Gasteiger partial charge in [-0.3, -0.25) is 0 Å². The maximum atomic E-state index is 5.96. The fourth-order valence-electron chi connectivity index (χ4n) is 2.94. The average Bonchev–Trinajstić information content (AvgIpc) is 2.54. The maximum absolute atomic E-state index is 5.96. The van der Waals surface area contributed by atoms with E-state index in [-0.39, 0.29) is 12.1 Å². The summed E-state index contributed by atoms with van der Waals surface area (Å²) in [4.78, 5) is 0. The Morgan fingerprint density at radius 2 is 1.45 bits per heavy atom. The van der Waals surface area contributed by atoms with Crippen LogP contribution in [0.4, 0.5) is 0 Å². The van der Waals surface area contributed by atoms with Gasteiger partial charge in [0.05, 0.1) is 0 Å². The summed E-state index contributed by atoms with van der Waals surface area (Å²) in [7, 11) is 0. The highest BCUT2D eigenvalue weighted by Gasteiger charge is 2.13. The molecule has 0 amide bonds. The first kappa shape index (κ1) is 15.1. The second-order valence-electron chi connectivity index (χ2n) is 5.73. The van der Waals surface area contributed by atoms with E-state index in [1.807, 2.05) is 12.1 Å². The van der Waals surface area contributed by atoms with Gasteiger partial charge in [-0.1, -0.05) is 66.2 Å². The number of benzene rings is 3. The van der Waals surface area contributed by atoms with E-state index in [2.05, 4.69) is 73.8 Å². The number of rotatable bonds is 4. The molecule has 0 fully saturated rings. The predicted molar refractivity (Wildman–Crippen MR) is 95.4 cm³/mol. The smallest absolute Gasteiger partial charge is 0.0406 e. The quantitative estimate of drug-likeness (QED) is 0.632. The lowest BCUT2D eigenvalue weighted by Crippen LogP contribution is -2.22. The van der Waals surface area contributed by atoms with Gasteiger partial charge in [-0.05, 0) is 47.9 Å². The lowest BCUT2D eigenvalue weighted by atomic mass is 9.98. The van der Waals surface area contributed by atoms with Crippen molar-refractivity contribution in [3.05, 3.63) is 82.9 Å². The van der Waals surface area contributed by atoms with Gasteiger partial charge >= 0.3 is 0 Å². The zero-order valence-electron chi connectivity index (χ0n) is 12.9. The van der Waals surface area contributed by atoms with Crippen molar-refractivity contribution >= 4 is 22.4 Å². The molecule has 2 atom stereocenters. The van der Waals surface area contributed by atoms with Crippen LogP contribution in [0.15, 0.2) is 66.7 Å². The van der Waals surface area contributed by atoms with Gasteiger partial charge in [-0.2, -0.15) is 0 Å². The van der Waals surface area contributed by atoms with E-state index in [4.69, 9.17) is 11.6 Å². The van der Waals surface area contributed by atoms with Crippen LogP contribution in [-0.4, -0.2) is 0 Å². The Hall–Kier alpha value is -1.83. The third kappa shape index (κ3) is 3.16. The van der Waals surface area contributed by atoms with Crippen LogP contribution in [0.25, 0.3) is 10.8 Å². The second kappa shape index (κ2) is 6.51. The molecule has 0 spiro atoms. The molecule has 0 radical (unpaired) electrons. The Bertz CT molecular complexity index is 759. The number of nitrogens with one attached hydrogen (secondary N) is 1. The summed E-state index contributed by atoms with van der Waals surface area (Å²) in [5.74, 6) is 0. The molecule has 3 aromatic rings. The van der Waals surface area contributed by atoms with Crippen LogP contribution in [-0.2, 0) is 0 Å². The summed E-state index contributed by atoms with van der Waals surface area (Å²) in [6.45, 7) is 4.40. The molecule has 0 aliphatic carbocycles. The van der Waals surface area contributed by atoms with E-state index >= 15 is 0 Å². The minimum Gasteiger partial charge on any atom is -0.304 e. The molecule has 0 bridgehead atoms. The first-order valence-corrected chi connectivity index (χ1v) is 8.02. The van der Waals surface area contributed by atoms with Gasteiger partial charge in [-0.25, -0.2) is 0 Å². The van der Waals surface area contributed by atoms with E-state index < -0.39 is 0 Å². The lowest BCUT2D eigenvalue weighted by molar-refractivity contribution is 0.497. The van der Waals surface area contributed by atoms with Gasteiger partial charge in [0.1, 0.15) is 0 Å². The predicted octanol–water partition coefficient (Wildman–Crippen LogP) is 5.91. The third-order valence-electron chi connectivity index (χ3n) is 4.16. The van der Waals surface area contributed by atoms with Crippen molar-refractivity contribution in [2.75, 3.05) is 0 Å². The van der Waals surface area contributed by atoms with E-state index in [0.29, 0.717) is 0 Å². The van der Waals surface area contributed by atoms with Gasteiger partial charge in [0.2, 0.25) is 0 Å². The molecule has 3 aromatic carbocycles. The van der Waals surface area contributed by atoms with Crippen LogP contribution >= 0.6 is 11.6 Å². The van der Waals surface area contributed by atoms with Crippen LogP contribution in [0, 0.1) is 0 Å². The average molecular weight is 310 g/mol. The molecule has 1 nitrogen and oxygen atoms in total. The number of hydrogen-bond donors (Lipinski definition) is 1. The number of halogens is 1. The molecule has 0 saturated heterocycles. The Balaban J connectivity index is 1.84. The normalized spacial score (nSPS) is 14.0. The number of hydrogen-bond acceptors (Lipinski definition) is 1. The van der Waals surface area contributed by atoms with Gasteiger partial charge in [0.15, 0.2) is 0 Å². The summed E-state index contributed by atoms with van der Waals surface area (Å²) in [6.07, 6.45) is 0. The standard InChI is InChI=1S/C20H20ClN/c1-14(16-10-12-18(21)13-11-16)22-15(2)19-9-5-7-17-6-3-4-8-20(17)19/h3-15,22H,1-2H3/t14-,15+/m0/s1. The second-order valence-corrected chi connectivity index (χ2v) is 6.17. The summed E-state index contributed by atoms with van der Waals surface area (Å²) < 4.78 is 0. The van der Waals surface area contributed by atoms with Crippen molar-refractivity contribution in [3.63, 3.8) is 0 Å². The van der Waals surface area contributed by atoms with Gasteiger partial charge < -0.3 is 5.32 Å². The minimum atomic E-state index is 0.270. The minimum absolute atomic E-state index is 0.270. The van der Waals surface area contributed by atoms with Gasteiger partial charge in [0.25, 0.3) is 0 Å². The summed E-state index contributed by atoms with van der Waals surface area (Å²) in [5.41, 5.74) is 2.58. The van der Waals surface area contributed by atoms with Crippen molar-refractivity contribution in [1.29, 1.82) is 0 Å². The summed E-state index contributed by atoms with van der Waals surface area (Å²) in [5, 5.41) is 7.06. The lowest BCUT2D eigenvalue weighted by Gasteiger charge is -2.22. The molecule has 0 unspecified atom stereocenters. The molecule has 0 aliphatic heterocycles. The topological polar surface area (TPSA) is 12.0 Å². The molecular formula is C20H20ClN. The van der Waals surface area contributed by atoms with Gasteiger partial charge in [0, 0.05) is 17.1 Å². The van der Waals surface area contributed by atoms with Crippen LogP contribution in [0.3, 0.4) is 0 Å². The molecule has 0 aromatic heterocycles. The van der Waals surface area contributed by atoms with Crippen LogP contribution in [0.2, 0.25) is 5.02 Å². The fourth-order valence-corrected chi connectivity index (χ4v) is 3.07. The van der Waals surface area contributed by atoms with Crippen LogP contribution in [0.1, 0.15) is 37.1 Å². The highest BCUT2D eigenvalue weighted by atomic mass is 35.5. The Kier molecular flexibility index (Phi) is 4.47. The molecule has 22 heavy (non-hydrogen) atoms. The van der Waals surface area contributed by atoms with Crippen LogP contribution < -0.4 is 5.32 Å². The zero-order chi connectivity index (χ0) is 15.5. The molecule has 3 rings (SSSR count). The molecule has 2 heteroatoms. The molecule has 0 aliphatic rings. The molecular weight excluding hydrogens is 290 g/mol. The van der Waals surface area contributed by atoms with E-state index in [0.717, 1.165) is 5.02 Å². The van der Waals surface area contributed by atoms with E-state index in [9.17, 15) is 0 Å². The fraction of sp³-hybridized carbons (Fsp3) is 0.200. The zero-order valence-corrected chi connectivity index (χ0v) is 13.6. The number of fused-ring (bicyclic) bond motifs is 1. The molecule has 112 valence electrons. The Morgan fingerprint density at radius 1 is 0.773 bits per heavy atom.